The van der Waals surface area contributed by atoms with Crippen molar-refractivity contribution in [3.63, 3.8) is 0 Å². The molecule has 2 saturated heterocycles. The van der Waals surface area contributed by atoms with Crippen molar-refractivity contribution in [1.82, 2.24) is 14.3 Å². The summed E-state index contributed by atoms with van der Waals surface area (Å²) in [7, 11) is 0. The summed E-state index contributed by atoms with van der Waals surface area (Å²) < 4.78 is 1.92. The topological polar surface area (TPSA) is 101 Å². The predicted molar refractivity (Wildman–Crippen MR) is 141 cm³/mol. The van der Waals surface area contributed by atoms with Crippen LogP contribution < -0.4 is 16.2 Å². The Morgan fingerprint density at radius 2 is 1.83 bits per heavy atom. The van der Waals surface area contributed by atoms with Crippen molar-refractivity contribution in [3.8, 4) is 0 Å². The zero-order valence-electron chi connectivity index (χ0n) is 18.8. The number of rotatable bonds is 5. The molecule has 2 N–H and O–H groups in total. The van der Waals surface area contributed by atoms with Crippen LogP contribution >= 0.6 is 24.0 Å². The van der Waals surface area contributed by atoms with Crippen LogP contribution in [0.5, 0.6) is 0 Å². The molecule has 0 bridgehead atoms. The second kappa shape index (κ2) is 9.63. The maximum absolute atomic E-state index is 13.5. The monoisotopic (exact) mass is 505 g/mol. The standard InChI is InChI=1S/C25H23N5O3S2/c26-21(31)17-9-12-28(13-10-17)22-18(23(32)29-11-5-4-8-20(29)27-22)14-19-24(33)30(25(34)35-19)15-16-6-2-1-3-7-16/h1-8,11,14,17H,9-10,12-13,15H2,(H2,26,31)/b19-14+. The van der Waals surface area contributed by atoms with Crippen LogP contribution in [0.15, 0.2) is 64.4 Å². The van der Waals surface area contributed by atoms with Crippen molar-refractivity contribution in [1.29, 1.82) is 0 Å². The van der Waals surface area contributed by atoms with Crippen LogP contribution in [-0.2, 0) is 16.1 Å². The van der Waals surface area contributed by atoms with E-state index < -0.39 is 0 Å². The number of benzene rings is 1. The van der Waals surface area contributed by atoms with E-state index in [4.69, 9.17) is 22.9 Å². The van der Waals surface area contributed by atoms with Crippen LogP contribution in [0.2, 0.25) is 0 Å². The molecule has 1 aromatic carbocycles. The number of nitrogens with zero attached hydrogens (tertiary/aromatic N) is 4. The van der Waals surface area contributed by atoms with Crippen LogP contribution in [0, 0.1) is 5.92 Å². The summed E-state index contributed by atoms with van der Waals surface area (Å²) in [6, 6.07) is 15.0. The van der Waals surface area contributed by atoms with Gasteiger partial charge in [-0.1, -0.05) is 60.4 Å². The Balaban J connectivity index is 1.53. The highest BCUT2D eigenvalue weighted by Crippen LogP contribution is 2.35. The number of pyridine rings is 1. The largest absolute Gasteiger partial charge is 0.369 e. The lowest BCUT2D eigenvalue weighted by atomic mass is 9.96. The van der Waals surface area contributed by atoms with E-state index in [2.05, 4.69) is 0 Å². The summed E-state index contributed by atoms with van der Waals surface area (Å²) in [5, 5.41) is 0. The number of fused-ring (bicyclic) bond motifs is 1. The highest BCUT2D eigenvalue weighted by molar-refractivity contribution is 8.26. The summed E-state index contributed by atoms with van der Waals surface area (Å²) in [4.78, 5) is 47.1. The first-order valence-corrected chi connectivity index (χ1v) is 12.5. The Morgan fingerprint density at radius 3 is 2.54 bits per heavy atom. The van der Waals surface area contributed by atoms with Gasteiger partial charge in [0.05, 0.1) is 17.0 Å². The molecule has 2 fully saturated rings. The van der Waals surface area contributed by atoms with Crippen LogP contribution in [0.25, 0.3) is 11.7 Å². The Morgan fingerprint density at radius 1 is 1.11 bits per heavy atom. The van der Waals surface area contributed by atoms with Crippen molar-refractivity contribution in [2.45, 2.75) is 19.4 Å². The number of primary amides is 1. The summed E-state index contributed by atoms with van der Waals surface area (Å²) in [6.07, 6.45) is 4.44. The van der Waals surface area contributed by atoms with E-state index in [1.807, 2.05) is 41.3 Å². The van der Waals surface area contributed by atoms with Crippen LogP contribution in [0.1, 0.15) is 24.0 Å². The van der Waals surface area contributed by atoms with Gasteiger partial charge in [-0.2, -0.15) is 0 Å². The Labute approximate surface area is 211 Å². The maximum atomic E-state index is 13.5. The Bertz CT molecular complexity index is 1410. The lowest BCUT2D eigenvalue weighted by Gasteiger charge is -2.32. The second-order valence-electron chi connectivity index (χ2n) is 8.50. The number of carbonyl (C=O) groups is 2. The molecule has 35 heavy (non-hydrogen) atoms. The van der Waals surface area contributed by atoms with Crippen molar-refractivity contribution >= 4 is 57.7 Å². The van der Waals surface area contributed by atoms with Crippen molar-refractivity contribution < 1.29 is 9.59 Å². The summed E-state index contributed by atoms with van der Waals surface area (Å²) in [5.41, 5.74) is 7.03. The molecule has 2 aromatic heterocycles. The number of nitrogens with two attached hydrogens (primary N) is 1. The number of hydrogen-bond acceptors (Lipinski definition) is 7. The van der Waals surface area contributed by atoms with Gasteiger partial charge in [0.25, 0.3) is 11.5 Å². The smallest absolute Gasteiger partial charge is 0.267 e. The molecular weight excluding hydrogens is 482 g/mol. The SMILES string of the molecule is NC(=O)C1CCN(c2nc3ccccn3c(=O)c2/C=C2/SC(=S)N(Cc3ccccc3)C2=O)CC1. The van der Waals surface area contributed by atoms with Gasteiger partial charge in [-0.15, -0.1) is 0 Å². The van der Waals surface area contributed by atoms with Gasteiger partial charge in [-0.3, -0.25) is 23.7 Å². The number of anilines is 1. The average molecular weight is 506 g/mol. The summed E-state index contributed by atoms with van der Waals surface area (Å²) in [6.45, 7) is 1.45. The lowest BCUT2D eigenvalue weighted by Crippen LogP contribution is -2.40. The number of thiocarbonyl (C=S) groups is 1. The summed E-state index contributed by atoms with van der Waals surface area (Å²) >= 11 is 6.67. The number of carbonyl (C=O) groups excluding carboxylic acids is 2. The quantitative estimate of drug-likeness (QED) is 0.420. The molecule has 0 atom stereocenters. The van der Waals surface area contributed by atoms with E-state index in [1.54, 1.807) is 29.3 Å². The minimum Gasteiger partial charge on any atom is -0.369 e. The first kappa shape index (κ1) is 23.3. The number of hydrogen-bond donors (Lipinski definition) is 1. The molecule has 10 heteroatoms. The van der Waals surface area contributed by atoms with Gasteiger partial charge < -0.3 is 10.6 Å². The Kier molecular flexibility index (Phi) is 6.40. The third kappa shape index (κ3) is 4.59. The van der Waals surface area contributed by atoms with E-state index in [1.165, 1.54) is 16.2 Å². The fourth-order valence-electron chi connectivity index (χ4n) is 4.37. The Hall–Kier alpha value is -3.50. The van der Waals surface area contributed by atoms with Crippen LogP contribution in [-0.4, -0.2) is 43.5 Å². The van der Waals surface area contributed by atoms with Crippen molar-refractivity contribution in [2.24, 2.45) is 11.7 Å². The first-order valence-electron chi connectivity index (χ1n) is 11.3. The van der Waals surface area contributed by atoms with Gasteiger partial charge in [0.1, 0.15) is 15.8 Å². The third-order valence-electron chi connectivity index (χ3n) is 6.28. The highest BCUT2D eigenvalue weighted by atomic mass is 32.2. The molecule has 3 aromatic rings. The molecule has 0 aliphatic carbocycles. The van der Waals surface area contributed by atoms with Crippen LogP contribution in [0.3, 0.4) is 0 Å². The van der Waals surface area contributed by atoms with E-state index in [9.17, 15) is 14.4 Å². The zero-order chi connectivity index (χ0) is 24.5. The molecular formula is C25H23N5O3S2. The summed E-state index contributed by atoms with van der Waals surface area (Å²) in [5.74, 6) is -0.235. The fourth-order valence-corrected chi connectivity index (χ4v) is 5.60. The maximum Gasteiger partial charge on any atom is 0.267 e. The highest BCUT2D eigenvalue weighted by Gasteiger charge is 2.33. The minimum absolute atomic E-state index is 0.189. The minimum atomic E-state index is -0.307. The van der Waals surface area contributed by atoms with E-state index in [0.29, 0.717) is 58.7 Å². The molecule has 0 unspecified atom stereocenters. The van der Waals surface area contributed by atoms with Gasteiger partial charge in [0.2, 0.25) is 5.91 Å². The van der Waals surface area contributed by atoms with Gasteiger partial charge in [0.15, 0.2) is 0 Å². The number of aromatic nitrogens is 2. The predicted octanol–water partition coefficient (Wildman–Crippen LogP) is 2.80. The number of thioether (sulfide) groups is 1. The molecule has 0 saturated carbocycles. The van der Waals surface area contributed by atoms with Crippen molar-refractivity contribution in [2.75, 3.05) is 18.0 Å². The first-order chi connectivity index (χ1) is 16.9. The van der Waals surface area contributed by atoms with Gasteiger partial charge >= 0.3 is 0 Å². The van der Waals surface area contributed by atoms with Gasteiger partial charge in [-0.25, -0.2) is 4.98 Å². The molecule has 4 heterocycles. The second-order valence-corrected chi connectivity index (χ2v) is 10.2. The van der Waals surface area contributed by atoms with E-state index >= 15 is 0 Å². The fraction of sp³-hybridized carbons (Fsp3) is 0.240. The molecule has 0 spiro atoms. The molecule has 8 nitrogen and oxygen atoms in total. The van der Waals surface area contributed by atoms with Crippen LogP contribution in [0.4, 0.5) is 5.82 Å². The van der Waals surface area contributed by atoms with Gasteiger partial charge in [0, 0.05) is 25.2 Å². The average Bonchev–Trinajstić information content (AvgIpc) is 3.13. The molecule has 2 amide bonds. The molecule has 2 aliphatic rings. The third-order valence-corrected chi connectivity index (χ3v) is 7.66. The lowest BCUT2D eigenvalue weighted by molar-refractivity contribution is -0.123. The molecule has 2 aliphatic heterocycles. The zero-order valence-corrected chi connectivity index (χ0v) is 20.4. The van der Waals surface area contributed by atoms with E-state index in [0.717, 1.165) is 5.56 Å². The van der Waals surface area contributed by atoms with Crippen molar-refractivity contribution in [3.05, 3.63) is 81.1 Å². The molecule has 178 valence electrons. The molecule has 0 radical (unpaired) electrons. The van der Waals surface area contributed by atoms with E-state index in [-0.39, 0.29) is 23.3 Å². The molecule has 5 rings (SSSR count). The number of piperidine rings is 1. The normalized spacial score (nSPS) is 18.1. The van der Waals surface area contributed by atoms with Gasteiger partial charge in [-0.05, 0) is 36.6 Å². The number of amides is 2.